The molecule has 0 spiro atoms. The maximum Gasteiger partial charge on any atom is 0.238 e. The average molecular weight is 452 g/mol. The number of hydrogen-bond acceptors (Lipinski definition) is 7. The van der Waals surface area contributed by atoms with Gasteiger partial charge in [-0.05, 0) is 46.6 Å². The summed E-state index contributed by atoms with van der Waals surface area (Å²) in [4.78, 5) is 12.7. The van der Waals surface area contributed by atoms with Crippen molar-refractivity contribution >= 4 is 43.4 Å². The lowest BCUT2D eigenvalue weighted by Crippen LogP contribution is -2.12. The van der Waals surface area contributed by atoms with Gasteiger partial charge in [0.15, 0.2) is 0 Å². The third kappa shape index (κ3) is 5.49. The molecule has 0 unspecified atom stereocenters. The van der Waals surface area contributed by atoms with Crippen molar-refractivity contribution in [2.24, 2.45) is 5.14 Å². The van der Waals surface area contributed by atoms with Gasteiger partial charge in [-0.3, -0.25) is 0 Å². The van der Waals surface area contributed by atoms with Crippen LogP contribution in [-0.4, -0.2) is 34.5 Å². The van der Waals surface area contributed by atoms with E-state index in [4.69, 9.17) is 5.14 Å². The third-order valence-corrected chi connectivity index (χ3v) is 5.14. The SMILES string of the molecule is NS(=O)(=O)c1ccc(Nc2ncc(Br)c(NCCCn3ccnc3)n2)cc1. The lowest BCUT2D eigenvalue weighted by Gasteiger charge is -2.10. The molecule has 11 heteroatoms. The van der Waals surface area contributed by atoms with Gasteiger partial charge in [0.25, 0.3) is 0 Å². The summed E-state index contributed by atoms with van der Waals surface area (Å²) in [5, 5.41) is 11.4. The number of rotatable bonds is 8. The molecule has 2 heterocycles. The van der Waals surface area contributed by atoms with E-state index in [1.165, 1.54) is 12.1 Å². The molecule has 9 nitrogen and oxygen atoms in total. The summed E-state index contributed by atoms with van der Waals surface area (Å²) in [6.07, 6.45) is 8.01. The van der Waals surface area contributed by atoms with Gasteiger partial charge in [0, 0.05) is 37.4 Å². The van der Waals surface area contributed by atoms with Gasteiger partial charge in [-0.1, -0.05) is 0 Å². The number of aryl methyl sites for hydroxylation is 1. The number of hydrogen-bond donors (Lipinski definition) is 3. The van der Waals surface area contributed by atoms with Crippen molar-refractivity contribution in [3.05, 3.63) is 53.7 Å². The van der Waals surface area contributed by atoms with Crippen LogP contribution >= 0.6 is 15.9 Å². The zero-order chi connectivity index (χ0) is 19.3. The van der Waals surface area contributed by atoms with Gasteiger partial charge in [-0.25, -0.2) is 23.5 Å². The van der Waals surface area contributed by atoms with Crippen LogP contribution in [0.4, 0.5) is 17.5 Å². The van der Waals surface area contributed by atoms with Crippen molar-refractivity contribution in [1.82, 2.24) is 19.5 Å². The molecular formula is C16H18BrN7O2S. The van der Waals surface area contributed by atoms with Crippen molar-refractivity contribution in [2.75, 3.05) is 17.2 Å². The highest BCUT2D eigenvalue weighted by atomic mass is 79.9. The Morgan fingerprint density at radius 3 is 2.67 bits per heavy atom. The van der Waals surface area contributed by atoms with E-state index in [9.17, 15) is 8.42 Å². The van der Waals surface area contributed by atoms with Crippen molar-refractivity contribution in [1.29, 1.82) is 0 Å². The number of halogens is 1. The minimum absolute atomic E-state index is 0.0463. The summed E-state index contributed by atoms with van der Waals surface area (Å²) in [7, 11) is -3.71. The van der Waals surface area contributed by atoms with Gasteiger partial charge in [0.05, 0.1) is 15.7 Å². The fourth-order valence-electron chi connectivity index (χ4n) is 2.30. The van der Waals surface area contributed by atoms with Gasteiger partial charge in [-0.2, -0.15) is 4.98 Å². The topological polar surface area (TPSA) is 128 Å². The summed E-state index contributed by atoms with van der Waals surface area (Å²) >= 11 is 3.43. The summed E-state index contributed by atoms with van der Waals surface area (Å²) < 4.78 is 25.4. The average Bonchev–Trinajstić information content (AvgIpc) is 3.14. The molecule has 0 aliphatic carbocycles. The lowest BCUT2D eigenvalue weighted by molar-refractivity contribution is 0.598. The fraction of sp³-hybridized carbons (Fsp3) is 0.188. The minimum atomic E-state index is -3.71. The van der Waals surface area contributed by atoms with Crippen LogP contribution in [0.15, 0.2) is 58.6 Å². The largest absolute Gasteiger partial charge is 0.369 e. The molecule has 0 radical (unpaired) electrons. The first-order valence-corrected chi connectivity index (χ1v) is 10.4. The van der Waals surface area contributed by atoms with Crippen LogP contribution in [-0.2, 0) is 16.6 Å². The number of sulfonamides is 1. The van der Waals surface area contributed by atoms with Gasteiger partial charge in [-0.15, -0.1) is 0 Å². The summed E-state index contributed by atoms with van der Waals surface area (Å²) in [6, 6.07) is 6.05. The molecule has 0 amide bonds. The first-order chi connectivity index (χ1) is 12.9. The van der Waals surface area contributed by atoms with Crippen LogP contribution in [0.1, 0.15) is 6.42 Å². The molecule has 4 N–H and O–H groups in total. The number of primary sulfonamides is 1. The zero-order valence-electron chi connectivity index (χ0n) is 14.2. The lowest BCUT2D eigenvalue weighted by atomic mass is 10.3. The highest BCUT2D eigenvalue weighted by molar-refractivity contribution is 9.10. The van der Waals surface area contributed by atoms with Crippen LogP contribution in [0, 0.1) is 0 Å². The molecule has 0 bridgehead atoms. The predicted octanol–water partition coefficient (Wildman–Crippen LogP) is 2.33. The van der Waals surface area contributed by atoms with E-state index in [0.29, 0.717) is 17.5 Å². The van der Waals surface area contributed by atoms with Crippen LogP contribution in [0.3, 0.4) is 0 Å². The Labute approximate surface area is 165 Å². The van der Waals surface area contributed by atoms with Gasteiger partial charge in [0.1, 0.15) is 5.82 Å². The molecular weight excluding hydrogens is 434 g/mol. The number of nitrogens with two attached hydrogens (primary N) is 1. The first-order valence-electron chi connectivity index (χ1n) is 8.04. The monoisotopic (exact) mass is 451 g/mol. The summed E-state index contributed by atoms with van der Waals surface area (Å²) in [5.74, 6) is 1.05. The first kappa shape index (κ1) is 19.3. The minimum Gasteiger partial charge on any atom is -0.369 e. The number of imidazole rings is 1. The molecule has 0 saturated heterocycles. The summed E-state index contributed by atoms with van der Waals surface area (Å²) in [6.45, 7) is 1.59. The normalized spacial score (nSPS) is 11.3. The molecule has 0 aliphatic rings. The smallest absolute Gasteiger partial charge is 0.238 e. The zero-order valence-corrected chi connectivity index (χ0v) is 16.6. The van der Waals surface area contributed by atoms with Crippen molar-refractivity contribution in [3.63, 3.8) is 0 Å². The summed E-state index contributed by atoms with van der Waals surface area (Å²) in [5.41, 5.74) is 0.649. The van der Waals surface area contributed by atoms with E-state index >= 15 is 0 Å². The molecule has 1 aromatic carbocycles. The Morgan fingerprint density at radius 2 is 2.00 bits per heavy atom. The van der Waals surface area contributed by atoms with Crippen molar-refractivity contribution in [3.8, 4) is 0 Å². The second-order valence-corrected chi connectivity index (χ2v) is 8.08. The Morgan fingerprint density at radius 1 is 1.22 bits per heavy atom. The van der Waals surface area contributed by atoms with E-state index < -0.39 is 10.0 Å². The Kier molecular flexibility index (Phi) is 6.04. The predicted molar refractivity (Wildman–Crippen MR) is 106 cm³/mol. The van der Waals surface area contributed by atoms with E-state index in [1.54, 1.807) is 30.9 Å². The fourth-order valence-corrected chi connectivity index (χ4v) is 3.14. The van der Waals surface area contributed by atoms with Crippen LogP contribution in [0.5, 0.6) is 0 Å². The maximum atomic E-state index is 11.3. The van der Waals surface area contributed by atoms with Crippen LogP contribution in [0.2, 0.25) is 0 Å². The van der Waals surface area contributed by atoms with E-state index in [0.717, 1.165) is 24.0 Å². The molecule has 2 aromatic heterocycles. The molecule has 142 valence electrons. The standard InChI is InChI=1S/C16H18BrN7O2S/c17-14-10-21-16(22-12-2-4-13(5-3-12)27(18,25)26)23-15(14)20-6-1-8-24-9-7-19-11-24/h2-5,7,9-11H,1,6,8H2,(H2,18,25,26)(H2,20,21,22,23). The third-order valence-electron chi connectivity index (χ3n) is 3.63. The number of nitrogens with zero attached hydrogens (tertiary/aromatic N) is 4. The second kappa shape index (κ2) is 8.46. The number of anilines is 3. The molecule has 27 heavy (non-hydrogen) atoms. The highest BCUT2D eigenvalue weighted by Gasteiger charge is 2.08. The Hall–Kier alpha value is -2.50. The molecule has 3 aromatic rings. The van der Waals surface area contributed by atoms with E-state index in [-0.39, 0.29) is 4.90 Å². The van der Waals surface area contributed by atoms with Crippen LogP contribution < -0.4 is 15.8 Å². The van der Waals surface area contributed by atoms with Crippen molar-refractivity contribution in [2.45, 2.75) is 17.9 Å². The second-order valence-electron chi connectivity index (χ2n) is 5.67. The van der Waals surface area contributed by atoms with Crippen LogP contribution in [0.25, 0.3) is 0 Å². The molecule has 3 rings (SSSR count). The Bertz CT molecular complexity index is 992. The molecule has 0 aliphatic heterocycles. The van der Waals surface area contributed by atoms with Gasteiger partial charge < -0.3 is 15.2 Å². The quantitative estimate of drug-likeness (QED) is 0.448. The van der Waals surface area contributed by atoms with E-state index in [2.05, 4.69) is 41.5 Å². The van der Waals surface area contributed by atoms with Gasteiger partial charge >= 0.3 is 0 Å². The van der Waals surface area contributed by atoms with E-state index in [1.807, 2.05) is 10.8 Å². The maximum absolute atomic E-state index is 11.3. The van der Waals surface area contributed by atoms with Crippen molar-refractivity contribution < 1.29 is 8.42 Å². The molecule has 0 saturated carbocycles. The Balaban J connectivity index is 1.60. The molecule has 0 atom stereocenters. The van der Waals surface area contributed by atoms with Gasteiger partial charge in [0.2, 0.25) is 16.0 Å². The highest BCUT2D eigenvalue weighted by Crippen LogP contribution is 2.22. The number of benzene rings is 1. The number of nitrogens with one attached hydrogen (secondary N) is 2. The number of aromatic nitrogens is 4. The molecule has 0 fully saturated rings.